The molecule has 0 saturated heterocycles. The van der Waals surface area contributed by atoms with Crippen molar-refractivity contribution >= 4 is 34.4 Å². The predicted molar refractivity (Wildman–Crippen MR) is 65.2 cm³/mol. The van der Waals surface area contributed by atoms with Crippen molar-refractivity contribution in [3.8, 4) is 0 Å². The average Bonchev–Trinajstić information content (AvgIpc) is 2.59. The van der Waals surface area contributed by atoms with E-state index in [4.69, 9.17) is 11.6 Å². The van der Waals surface area contributed by atoms with Gasteiger partial charge in [-0.05, 0) is 6.42 Å². The molecule has 3 nitrogen and oxygen atoms in total. The van der Waals surface area contributed by atoms with Gasteiger partial charge in [0.1, 0.15) is 4.88 Å². The predicted octanol–water partition coefficient (Wildman–Crippen LogP) is 3.01. The van der Waals surface area contributed by atoms with Crippen LogP contribution >= 0.6 is 22.9 Å². The Balaban J connectivity index is 2.89. The van der Waals surface area contributed by atoms with Crippen LogP contribution in [-0.4, -0.2) is 24.4 Å². The van der Waals surface area contributed by atoms with E-state index in [0.29, 0.717) is 4.88 Å². The highest BCUT2D eigenvalue weighted by molar-refractivity contribution is 7.17. The highest BCUT2D eigenvalue weighted by Gasteiger charge is 2.13. The monoisotopic (exact) mass is 244 g/mol. The Morgan fingerprint density at radius 2 is 2.40 bits per heavy atom. The summed E-state index contributed by atoms with van der Waals surface area (Å²) in [6.45, 7) is 7.38. The Labute approximate surface area is 98.4 Å². The number of rotatable bonds is 6. The number of carbonyl (C=O) groups excluding carboxylic acids is 1. The van der Waals surface area contributed by atoms with Crippen molar-refractivity contribution in [2.24, 2.45) is 0 Å². The van der Waals surface area contributed by atoms with Gasteiger partial charge < -0.3 is 4.90 Å². The molecule has 0 aliphatic carbocycles. The van der Waals surface area contributed by atoms with E-state index >= 15 is 0 Å². The molecule has 1 rings (SSSR count). The third-order valence-electron chi connectivity index (χ3n) is 1.82. The first-order valence-corrected chi connectivity index (χ1v) is 5.89. The van der Waals surface area contributed by atoms with Gasteiger partial charge in [-0.25, -0.2) is 4.98 Å². The first-order valence-electron chi connectivity index (χ1n) is 4.70. The van der Waals surface area contributed by atoms with Crippen LogP contribution in [0.4, 0.5) is 5.13 Å². The average molecular weight is 245 g/mol. The van der Waals surface area contributed by atoms with Gasteiger partial charge in [-0.2, -0.15) is 0 Å². The molecule has 0 N–H and O–H groups in total. The molecule has 0 aliphatic rings. The summed E-state index contributed by atoms with van der Waals surface area (Å²) in [5.74, 6) is 0. The maximum absolute atomic E-state index is 10.6. The Morgan fingerprint density at radius 3 is 2.87 bits per heavy atom. The molecule has 0 fully saturated rings. The Kier molecular flexibility index (Phi) is 4.78. The molecule has 0 unspecified atom stereocenters. The van der Waals surface area contributed by atoms with E-state index in [-0.39, 0.29) is 5.15 Å². The van der Waals surface area contributed by atoms with Crippen LogP contribution in [0.3, 0.4) is 0 Å². The van der Waals surface area contributed by atoms with E-state index in [1.807, 2.05) is 6.08 Å². The van der Waals surface area contributed by atoms with Gasteiger partial charge in [-0.15, -0.1) is 6.58 Å². The number of aromatic nitrogens is 1. The van der Waals surface area contributed by atoms with Crippen LogP contribution in [0.25, 0.3) is 0 Å². The summed E-state index contributed by atoms with van der Waals surface area (Å²) in [6, 6.07) is 0. The fourth-order valence-electron chi connectivity index (χ4n) is 1.20. The lowest BCUT2D eigenvalue weighted by atomic mass is 10.4. The van der Waals surface area contributed by atoms with Gasteiger partial charge >= 0.3 is 0 Å². The minimum atomic E-state index is 0.287. The minimum absolute atomic E-state index is 0.287. The molecule has 0 saturated carbocycles. The molecule has 0 aliphatic heterocycles. The number of hydrogen-bond acceptors (Lipinski definition) is 4. The third-order valence-corrected chi connectivity index (χ3v) is 3.26. The number of anilines is 1. The normalized spacial score (nSPS) is 10.0. The van der Waals surface area contributed by atoms with Gasteiger partial charge in [0.05, 0.1) is 0 Å². The van der Waals surface area contributed by atoms with Crippen molar-refractivity contribution in [2.75, 3.05) is 18.0 Å². The van der Waals surface area contributed by atoms with Gasteiger partial charge in [0.15, 0.2) is 16.6 Å². The largest absolute Gasteiger partial charge is 0.344 e. The number of halogens is 1. The van der Waals surface area contributed by atoms with Crippen molar-refractivity contribution in [3.63, 3.8) is 0 Å². The molecule has 0 radical (unpaired) electrons. The molecule has 1 aromatic heterocycles. The minimum Gasteiger partial charge on any atom is -0.344 e. The lowest BCUT2D eigenvalue weighted by Gasteiger charge is -2.18. The molecule has 15 heavy (non-hydrogen) atoms. The second-order valence-corrected chi connectivity index (χ2v) is 4.37. The Morgan fingerprint density at radius 1 is 1.67 bits per heavy atom. The third kappa shape index (κ3) is 3.04. The summed E-state index contributed by atoms with van der Waals surface area (Å²) in [7, 11) is 0. The molecule has 0 bridgehead atoms. The zero-order valence-electron chi connectivity index (χ0n) is 8.57. The zero-order chi connectivity index (χ0) is 11.3. The Hall–Kier alpha value is -0.870. The van der Waals surface area contributed by atoms with Gasteiger partial charge in [0.25, 0.3) is 0 Å². The molecule has 82 valence electrons. The van der Waals surface area contributed by atoms with Gasteiger partial charge in [-0.1, -0.05) is 35.9 Å². The number of carbonyl (C=O) groups is 1. The van der Waals surface area contributed by atoms with Crippen molar-refractivity contribution < 1.29 is 4.79 Å². The molecule has 1 heterocycles. The second-order valence-electron chi connectivity index (χ2n) is 3.00. The van der Waals surface area contributed by atoms with Crippen LogP contribution in [0.15, 0.2) is 12.7 Å². The SMILES string of the molecule is C=CCN(CCC)c1nc(Cl)c(C=O)s1. The maximum atomic E-state index is 10.6. The summed E-state index contributed by atoms with van der Waals surface area (Å²) >= 11 is 7.12. The maximum Gasteiger partial charge on any atom is 0.187 e. The summed E-state index contributed by atoms with van der Waals surface area (Å²) in [5.41, 5.74) is 0. The number of thiazole rings is 1. The number of nitrogens with zero attached hydrogens (tertiary/aromatic N) is 2. The van der Waals surface area contributed by atoms with Crippen LogP contribution in [0.1, 0.15) is 23.0 Å². The molecule has 0 amide bonds. The fraction of sp³-hybridized carbons (Fsp3) is 0.400. The van der Waals surface area contributed by atoms with Crippen LogP contribution < -0.4 is 4.90 Å². The number of aldehydes is 1. The molecular weight excluding hydrogens is 232 g/mol. The van der Waals surface area contributed by atoms with Crippen molar-refractivity contribution in [1.29, 1.82) is 0 Å². The van der Waals surface area contributed by atoms with Crippen LogP contribution in [0.2, 0.25) is 5.15 Å². The van der Waals surface area contributed by atoms with E-state index in [0.717, 1.165) is 30.9 Å². The van der Waals surface area contributed by atoms with Gasteiger partial charge in [0, 0.05) is 13.1 Å². The van der Waals surface area contributed by atoms with Crippen LogP contribution in [0, 0.1) is 0 Å². The Bertz CT molecular complexity index is 351. The van der Waals surface area contributed by atoms with Gasteiger partial charge in [0.2, 0.25) is 0 Å². The highest BCUT2D eigenvalue weighted by atomic mass is 35.5. The molecular formula is C10H13ClN2OS. The first kappa shape index (κ1) is 12.2. The lowest BCUT2D eigenvalue weighted by Crippen LogP contribution is -2.23. The molecule has 1 aromatic rings. The molecule has 5 heteroatoms. The quantitative estimate of drug-likeness (QED) is 0.570. The summed E-state index contributed by atoms with van der Waals surface area (Å²) in [5, 5.41) is 1.07. The summed E-state index contributed by atoms with van der Waals surface area (Å²) in [6.07, 6.45) is 3.56. The van der Waals surface area contributed by atoms with Crippen LogP contribution in [-0.2, 0) is 0 Å². The van der Waals surface area contributed by atoms with Crippen molar-refractivity contribution in [2.45, 2.75) is 13.3 Å². The van der Waals surface area contributed by atoms with E-state index in [1.165, 1.54) is 11.3 Å². The van der Waals surface area contributed by atoms with Gasteiger partial charge in [-0.3, -0.25) is 4.79 Å². The highest BCUT2D eigenvalue weighted by Crippen LogP contribution is 2.28. The topological polar surface area (TPSA) is 33.2 Å². The van der Waals surface area contributed by atoms with Crippen LogP contribution in [0.5, 0.6) is 0 Å². The van der Waals surface area contributed by atoms with Crippen molar-refractivity contribution in [1.82, 2.24) is 4.98 Å². The second kappa shape index (κ2) is 5.88. The molecule has 0 atom stereocenters. The smallest absolute Gasteiger partial charge is 0.187 e. The standard InChI is InChI=1S/C10H13ClN2OS/c1-3-5-13(6-4-2)10-12-9(11)8(7-14)15-10/h3,7H,1,4-6H2,2H3. The van der Waals surface area contributed by atoms with Crippen molar-refractivity contribution in [3.05, 3.63) is 22.7 Å². The molecule has 0 aromatic carbocycles. The van der Waals surface area contributed by atoms with E-state index in [2.05, 4.69) is 23.4 Å². The number of hydrogen-bond donors (Lipinski definition) is 0. The van der Waals surface area contributed by atoms with E-state index in [1.54, 1.807) is 0 Å². The zero-order valence-corrected chi connectivity index (χ0v) is 10.1. The fourth-order valence-corrected chi connectivity index (χ4v) is 2.30. The first-order chi connectivity index (χ1) is 7.22. The summed E-state index contributed by atoms with van der Waals surface area (Å²) in [4.78, 5) is 17.3. The van der Waals surface area contributed by atoms with E-state index in [9.17, 15) is 4.79 Å². The van der Waals surface area contributed by atoms with E-state index < -0.39 is 0 Å². The molecule has 0 spiro atoms. The lowest BCUT2D eigenvalue weighted by molar-refractivity contribution is 0.112. The summed E-state index contributed by atoms with van der Waals surface area (Å²) < 4.78 is 0.